The van der Waals surface area contributed by atoms with Crippen LogP contribution in [0.5, 0.6) is 0 Å². The second kappa shape index (κ2) is 6.28. The molecule has 0 saturated heterocycles. The minimum atomic E-state index is -0.274. The van der Waals surface area contributed by atoms with Crippen LogP contribution in [0.25, 0.3) is 39.3 Å². The summed E-state index contributed by atoms with van der Waals surface area (Å²) in [6.07, 6.45) is 0. The maximum absolute atomic E-state index is 14.6. The van der Waals surface area contributed by atoms with Crippen LogP contribution in [-0.2, 0) is 0 Å². The number of nitrogens with zero attached hydrogens (tertiary/aromatic N) is 3. The van der Waals surface area contributed by atoms with Crippen LogP contribution < -0.4 is 0 Å². The van der Waals surface area contributed by atoms with E-state index in [-0.39, 0.29) is 5.82 Å². The minimum Gasteiger partial charge on any atom is -0.276 e. The Labute approximate surface area is 163 Å². The predicted molar refractivity (Wildman–Crippen MR) is 109 cm³/mol. The summed E-state index contributed by atoms with van der Waals surface area (Å²) in [6, 6.07) is 24.4. The number of benzene rings is 3. The molecular weight excluding hydrogens is 405 g/mol. The van der Waals surface area contributed by atoms with Crippen molar-refractivity contribution in [1.82, 2.24) is 14.4 Å². The van der Waals surface area contributed by atoms with E-state index < -0.39 is 0 Å². The number of fused-ring (bicyclic) bond motifs is 3. The third-order valence-electron chi connectivity index (χ3n) is 4.57. The van der Waals surface area contributed by atoms with Gasteiger partial charge in [-0.1, -0.05) is 52.3 Å². The third kappa shape index (κ3) is 2.71. The quantitative estimate of drug-likeness (QED) is 0.346. The molecule has 2 aromatic heterocycles. The lowest BCUT2D eigenvalue weighted by molar-refractivity contribution is 0.630. The Bertz CT molecular complexity index is 1290. The van der Waals surface area contributed by atoms with E-state index in [1.807, 2.05) is 65.1 Å². The van der Waals surface area contributed by atoms with Gasteiger partial charge in [-0.05, 0) is 42.5 Å². The normalized spacial score (nSPS) is 11.3. The molecule has 5 heteroatoms. The molecule has 130 valence electrons. The largest absolute Gasteiger partial charge is 0.276 e. The number of rotatable bonds is 2. The van der Waals surface area contributed by atoms with Gasteiger partial charge in [-0.15, -0.1) is 0 Å². The summed E-state index contributed by atoms with van der Waals surface area (Å²) in [5.74, 6) is 0.277. The van der Waals surface area contributed by atoms with E-state index in [1.165, 1.54) is 6.07 Å². The Morgan fingerprint density at radius 3 is 2.37 bits per heavy atom. The van der Waals surface area contributed by atoms with Gasteiger partial charge in [0.2, 0.25) is 5.78 Å². The number of hydrogen-bond acceptors (Lipinski definition) is 2. The molecule has 2 heterocycles. The van der Waals surface area contributed by atoms with E-state index in [0.29, 0.717) is 11.3 Å². The number of halogens is 2. The number of para-hydroxylation sites is 2. The maximum atomic E-state index is 14.6. The molecule has 0 amide bonds. The van der Waals surface area contributed by atoms with Crippen molar-refractivity contribution in [3.63, 3.8) is 0 Å². The van der Waals surface area contributed by atoms with Gasteiger partial charge in [-0.25, -0.2) is 14.4 Å². The molecule has 0 aliphatic rings. The lowest BCUT2D eigenvalue weighted by Crippen LogP contribution is -1.99. The Morgan fingerprint density at radius 1 is 0.815 bits per heavy atom. The van der Waals surface area contributed by atoms with Gasteiger partial charge in [0, 0.05) is 15.6 Å². The van der Waals surface area contributed by atoms with E-state index in [9.17, 15) is 4.39 Å². The molecule has 0 saturated carbocycles. The molecule has 0 N–H and O–H groups in total. The van der Waals surface area contributed by atoms with E-state index in [0.717, 1.165) is 32.5 Å². The van der Waals surface area contributed by atoms with Crippen LogP contribution in [0.4, 0.5) is 4.39 Å². The summed E-state index contributed by atoms with van der Waals surface area (Å²) in [4.78, 5) is 9.40. The maximum Gasteiger partial charge on any atom is 0.235 e. The van der Waals surface area contributed by atoms with E-state index in [2.05, 4.69) is 20.9 Å². The molecule has 5 aromatic rings. The van der Waals surface area contributed by atoms with Gasteiger partial charge in [0.25, 0.3) is 0 Å². The Morgan fingerprint density at radius 2 is 1.56 bits per heavy atom. The molecule has 0 aliphatic carbocycles. The summed E-state index contributed by atoms with van der Waals surface area (Å²) in [7, 11) is 0. The van der Waals surface area contributed by atoms with Crippen molar-refractivity contribution in [1.29, 1.82) is 0 Å². The molecule has 5 rings (SSSR count). The molecule has 0 bridgehead atoms. The lowest BCUT2D eigenvalue weighted by Gasteiger charge is -2.10. The first-order valence-corrected chi connectivity index (χ1v) is 9.29. The van der Waals surface area contributed by atoms with Crippen molar-refractivity contribution in [3.05, 3.63) is 89.2 Å². The molecule has 0 radical (unpaired) electrons. The Balaban J connectivity index is 1.89. The second-order valence-electron chi connectivity index (χ2n) is 6.25. The first kappa shape index (κ1) is 16.1. The van der Waals surface area contributed by atoms with Gasteiger partial charge in [0.05, 0.1) is 22.4 Å². The van der Waals surface area contributed by atoms with E-state index >= 15 is 0 Å². The monoisotopic (exact) mass is 417 g/mol. The van der Waals surface area contributed by atoms with Crippen LogP contribution >= 0.6 is 15.9 Å². The van der Waals surface area contributed by atoms with Gasteiger partial charge < -0.3 is 0 Å². The van der Waals surface area contributed by atoms with Gasteiger partial charge in [-0.2, -0.15) is 0 Å². The van der Waals surface area contributed by atoms with Crippen LogP contribution in [0.15, 0.2) is 83.3 Å². The van der Waals surface area contributed by atoms with Crippen molar-refractivity contribution < 1.29 is 4.39 Å². The lowest BCUT2D eigenvalue weighted by atomic mass is 10.1. The van der Waals surface area contributed by atoms with Crippen molar-refractivity contribution in [3.8, 4) is 22.5 Å². The highest BCUT2D eigenvalue weighted by molar-refractivity contribution is 9.10. The fourth-order valence-electron chi connectivity index (χ4n) is 3.30. The molecule has 0 fully saturated rings. The van der Waals surface area contributed by atoms with Crippen LogP contribution in [0, 0.1) is 5.82 Å². The van der Waals surface area contributed by atoms with Crippen molar-refractivity contribution in [2.45, 2.75) is 0 Å². The van der Waals surface area contributed by atoms with Crippen molar-refractivity contribution in [2.24, 2.45) is 0 Å². The number of hydrogen-bond donors (Lipinski definition) is 0. The topological polar surface area (TPSA) is 30.2 Å². The highest BCUT2D eigenvalue weighted by atomic mass is 79.9. The fraction of sp³-hybridized carbons (Fsp3) is 0. The standard InChI is InChI=1S/C22H13BrFN3/c23-15-11-9-14(10-12-15)19-13-21(16-5-1-2-6-17(16)24)27-20-8-4-3-7-18(20)25-22(27)26-19/h1-13H. The zero-order chi connectivity index (χ0) is 18.4. The van der Waals surface area contributed by atoms with Crippen LogP contribution in [0.1, 0.15) is 0 Å². The highest BCUT2D eigenvalue weighted by Gasteiger charge is 2.16. The molecule has 3 aromatic carbocycles. The summed E-state index contributed by atoms with van der Waals surface area (Å²) in [5.41, 5.74) is 4.68. The van der Waals surface area contributed by atoms with Crippen molar-refractivity contribution in [2.75, 3.05) is 0 Å². The van der Waals surface area contributed by atoms with E-state index in [4.69, 9.17) is 4.98 Å². The zero-order valence-electron chi connectivity index (χ0n) is 14.1. The molecular formula is C22H13BrFN3. The molecule has 3 nitrogen and oxygen atoms in total. The summed E-state index contributed by atoms with van der Waals surface area (Å²) in [6.45, 7) is 0. The van der Waals surface area contributed by atoms with Gasteiger partial charge in [-0.3, -0.25) is 4.40 Å². The molecule has 0 unspecified atom stereocenters. The molecule has 27 heavy (non-hydrogen) atoms. The Kier molecular flexibility index (Phi) is 3.76. The third-order valence-corrected chi connectivity index (χ3v) is 5.10. The smallest absolute Gasteiger partial charge is 0.235 e. The Hall–Kier alpha value is -3.05. The second-order valence-corrected chi connectivity index (χ2v) is 7.16. The fourth-order valence-corrected chi connectivity index (χ4v) is 3.56. The number of imidazole rings is 1. The predicted octanol–water partition coefficient (Wildman–Crippen LogP) is 6.12. The molecule has 0 atom stereocenters. The van der Waals surface area contributed by atoms with Crippen LogP contribution in [-0.4, -0.2) is 14.4 Å². The summed E-state index contributed by atoms with van der Waals surface area (Å²) < 4.78 is 17.5. The summed E-state index contributed by atoms with van der Waals surface area (Å²) >= 11 is 3.46. The molecule has 0 aliphatic heterocycles. The van der Waals surface area contributed by atoms with Crippen molar-refractivity contribution >= 4 is 32.7 Å². The molecule has 0 spiro atoms. The van der Waals surface area contributed by atoms with Crippen LogP contribution in [0.2, 0.25) is 0 Å². The average Bonchev–Trinajstić information content (AvgIpc) is 3.07. The zero-order valence-corrected chi connectivity index (χ0v) is 15.7. The summed E-state index contributed by atoms with van der Waals surface area (Å²) in [5, 5.41) is 0. The number of aromatic nitrogens is 3. The van der Waals surface area contributed by atoms with E-state index in [1.54, 1.807) is 12.1 Å². The minimum absolute atomic E-state index is 0.274. The van der Waals surface area contributed by atoms with Gasteiger partial charge in [0.1, 0.15) is 5.82 Å². The van der Waals surface area contributed by atoms with Crippen LogP contribution in [0.3, 0.4) is 0 Å². The highest BCUT2D eigenvalue weighted by Crippen LogP contribution is 2.31. The average molecular weight is 418 g/mol. The SMILES string of the molecule is Fc1ccccc1-c1cc(-c2ccc(Br)cc2)nc2nc3ccccc3n12. The first-order valence-electron chi connectivity index (χ1n) is 8.50. The first-order chi connectivity index (χ1) is 13.2. The van der Waals surface area contributed by atoms with Gasteiger partial charge >= 0.3 is 0 Å². The van der Waals surface area contributed by atoms with Gasteiger partial charge in [0.15, 0.2) is 0 Å².